The standard InChI is InChI=1S/C7H6O2.C2H6.CH5P/c8-7(9)6-4-2-1-3-5-6;2*1-2/h1-5H,(H,8,9);1-2H3;2H2,1H3. The van der Waals surface area contributed by atoms with Crippen molar-refractivity contribution in [2.24, 2.45) is 0 Å². The highest BCUT2D eigenvalue weighted by Crippen LogP contribution is 1.96. The second-order valence-corrected chi connectivity index (χ2v) is 1.67. The third kappa shape index (κ3) is 7.48. The van der Waals surface area contributed by atoms with Crippen molar-refractivity contribution >= 4 is 15.2 Å². The lowest BCUT2D eigenvalue weighted by Crippen LogP contribution is -1.93. The van der Waals surface area contributed by atoms with E-state index in [1.807, 2.05) is 20.5 Å². The lowest BCUT2D eigenvalue weighted by molar-refractivity contribution is 0.0697. The van der Waals surface area contributed by atoms with E-state index in [4.69, 9.17) is 5.11 Å². The summed E-state index contributed by atoms with van der Waals surface area (Å²) in [6, 6.07) is 8.30. The van der Waals surface area contributed by atoms with E-state index in [0.717, 1.165) is 0 Å². The van der Waals surface area contributed by atoms with Crippen LogP contribution in [0.4, 0.5) is 0 Å². The third-order valence-corrected chi connectivity index (χ3v) is 1.02. The molecule has 0 spiro atoms. The largest absolute Gasteiger partial charge is 0.478 e. The van der Waals surface area contributed by atoms with Gasteiger partial charge in [0.1, 0.15) is 0 Å². The first kappa shape index (κ1) is 14.6. The van der Waals surface area contributed by atoms with Gasteiger partial charge in [0.25, 0.3) is 0 Å². The summed E-state index contributed by atoms with van der Waals surface area (Å²) in [4.78, 5) is 10.2. The van der Waals surface area contributed by atoms with Gasteiger partial charge in [-0.05, 0) is 12.1 Å². The van der Waals surface area contributed by atoms with Gasteiger partial charge < -0.3 is 5.11 Å². The van der Waals surface area contributed by atoms with E-state index in [9.17, 15) is 4.79 Å². The molecule has 1 unspecified atom stereocenters. The van der Waals surface area contributed by atoms with Gasteiger partial charge in [0.05, 0.1) is 5.56 Å². The number of carboxylic acids is 1. The molecule has 0 aliphatic heterocycles. The van der Waals surface area contributed by atoms with Gasteiger partial charge in [-0.25, -0.2) is 4.79 Å². The number of aromatic carboxylic acids is 1. The van der Waals surface area contributed by atoms with Crippen LogP contribution in [0.5, 0.6) is 0 Å². The summed E-state index contributed by atoms with van der Waals surface area (Å²) in [5.41, 5.74) is 0.331. The van der Waals surface area contributed by atoms with Crippen LogP contribution in [0, 0.1) is 0 Å². The Kier molecular flexibility index (Phi) is 12.5. The molecule has 1 rings (SSSR count). The fourth-order valence-electron chi connectivity index (χ4n) is 0.581. The van der Waals surface area contributed by atoms with Crippen molar-refractivity contribution in [3.63, 3.8) is 0 Å². The Bertz CT molecular complexity index is 209. The number of hydrogen-bond acceptors (Lipinski definition) is 1. The zero-order valence-corrected chi connectivity index (χ0v) is 9.47. The lowest BCUT2D eigenvalue weighted by Gasteiger charge is -1.88. The fraction of sp³-hybridized carbons (Fsp3) is 0.300. The van der Waals surface area contributed by atoms with Crippen molar-refractivity contribution in [1.82, 2.24) is 0 Å². The molecule has 0 aliphatic carbocycles. The highest BCUT2D eigenvalue weighted by molar-refractivity contribution is 7.15. The maximum atomic E-state index is 10.2. The van der Waals surface area contributed by atoms with Crippen LogP contribution in [0.3, 0.4) is 0 Å². The summed E-state index contributed by atoms with van der Waals surface area (Å²) in [6.45, 7) is 5.92. The van der Waals surface area contributed by atoms with E-state index in [0.29, 0.717) is 5.56 Å². The SMILES string of the molecule is CC.CP.O=C(O)c1ccccc1. The molecule has 13 heavy (non-hydrogen) atoms. The summed E-state index contributed by atoms with van der Waals surface area (Å²) in [5, 5.41) is 8.38. The molecular weight excluding hydrogens is 183 g/mol. The maximum absolute atomic E-state index is 10.2. The Hall–Kier alpha value is -0.880. The van der Waals surface area contributed by atoms with Crippen molar-refractivity contribution in [2.75, 3.05) is 6.66 Å². The van der Waals surface area contributed by atoms with Gasteiger partial charge in [-0.2, -0.15) is 0 Å². The van der Waals surface area contributed by atoms with Gasteiger partial charge in [0, 0.05) is 0 Å². The van der Waals surface area contributed by atoms with Crippen molar-refractivity contribution in [1.29, 1.82) is 0 Å². The minimum Gasteiger partial charge on any atom is -0.478 e. The van der Waals surface area contributed by atoms with Crippen LogP contribution in [0.15, 0.2) is 30.3 Å². The minimum absolute atomic E-state index is 0.331. The van der Waals surface area contributed by atoms with Gasteiger partial charge in [-0.15, -0.1) is 9.24 Å². The van der Waals surface area contributed by atoms with E-state index in [-0.39, 0.29) is 0 Å². The lowest BCUT2D eigenvalue weighted by atomic mass is 10.2. The van der Waals surface area contributed by atoms with Gasteiger partial charge >= 0.3 is 5.97 Å². The first-order valence-electron chi connectivity index (χ1n) is 4.17. The van der Waals surface area contributed by atoms with Crippen LogP contribution < -0.4 is 0 Å². The highest BCUT2D eigenvalue weighted by atomic mass is 31.0. The van der Waals surface area contributed by atoms with Gasteiger partial charge in [0.15, 0.2) is 0 Å². The zero-order chi connectivity index (χ0) is 10.7. The molecule has 0 amide bonds. The van der Waals surface area contributed by atoms with E-state index in [2.05, 4.69) is 9.24 Å². The van der Waals surface area contributed by atoms with Gasteiger partial charge in [-0.1, -0.05) is 38.7 Å². The monoisotopic (exact) mass is 200 g/mol. The molecule has 74 valence electrons. The first-order valence-corrected chi connectivity index (χ1v) is 5.32. The Morgan fingerprint density at radius 1 is 1.15 bits per heavy atom. The summed E-state index contributed by atoms with van der Waals surface area (Å²) in [7, 11) is 2.42. The number of benzene rings is 1. The molecule has 0 bridgehead atoms. The average Bonchev–Trinajstić information content (AvgIpc) is 2.25. The number of carboxylic acid groups (broad SMARTS) is 1. The molecule has 1 N–H and O–H groups in total. The van der Waals surface area contributed by atoms with Crippen LogP contribution in [0.2, 0.25) is 0 Å². The van der Waals surface area contributed by atoms with Crippen molar-refractivity contribution in [2.45, 2.75) is 13.8 Å². The van der Waals surface area contributed by atoms with Crippen LogP contribution in [0.25, 0.3) is 0 Å². The Morgan fingerprint density at radius 3 is 1.77 bits per heavy atom. The molecule has 1 aromatic carbocycles. The fourth-order valence-corrected chi connectivity index (χ4v) is 0.581. The van der Waals surface area contributed by atoms with Crippen molar-refractivity contribution < 1.29 is 9.90 Å². The predicted molar refractivity (Wildman–Crippen MR) is 60.4 cm³/mol. The van der Waals surface area contributed by atoms with Gasteiger partial charge in [-0.3, -0.25) is 0 Å². The van der Waals surface area contributed by atoms with Gasteiger partial charge in [0.2, 0.25) is 0 Å². The Labute approximate surface area is 82.2 Å². The second-order valence-electron chi connectivity index (χ2n) is 1.67. The van der Waals surface area contributed by atoms with E-state index in [1.54, 1.807) is 30.3 Å². The molecule has 0 saturated heterocycles. The second kappa shape index (κ2) is 11.1. The number of hydrogen-bond donors (Lipinski definition) is 1. The average molecular weight is 200 g/mol. The summed E-state index contributed by atoms with van der Waals surface area (Å²) in [5.74, 6) is -0.879. The Balaban J connectivity index is 0. The molecule has 1 atom stereocenters. The molecule has 0 aromatic heterocycles. The smallest absolute Gasteiger partial charge is 0.335 e. The number of carbonyl (C=O) groups is 1. The maximum Gasteiger partial charge on any atom is 0.335 e. The third-order valence-electron chi connectivity index (χ3n) is 1.02. The van der Waals surface area contributed by atoms with E-state index < -0.39 is 5.97 Å². The predicted octanol–water partition coefficient (Wildman–Crippen LogP) is 2.90. The molecule has 0 aliphatic rings. The van der Waals surface area contributed by atoms with Crippen molar-refractivity contribution in [3.8, 4) is 0 Å². The minimum atomic E-state index is -0.879. The zero-order valence-electron chi connectivity index (χ0n) is 8.32. The number of rotatable bonds is 1. The molecular formula is C10H17O2P. The molecule has 0 radical (unpaired) electrons. The summed E-state index contributed by atoms with van der Waals surface area (Å²) < 4.78 is 0. The van der Waals surface area contributed by atoms with E-state index in [1.165, 1.54) is 0 Å². The van der Waals surface area contributed by atoms with Crippen LogP contribution in [-0.4, -0.2) is 17.7 Å². The normalized spacial score (nSPS) is 7.08. The van der Waals surface area contributed by atoms with E-state index >= 15 is 0 Å². The first-order chi connectivity index (χ1) is 6.30. The topological polar surface area (TPSA) is 37.3 Å². The van der Waals surface area contributed by atoms with Crippen molar-refractivity contribution in [3.05, 3.63) is 35.9 Å². The van der Waals surface area contributed by atoms with Crippen LogP contribution >= 0.6 is 9.24 Å². The molecule has 2 nitrogen and oxygen atoms in total. The van der Waals surface area contributed by atoms with Crippen LogP contribution in [-0.2, 0) is 0 Å². The summed E-state index contributed by atoms with van der Waals surface area (Å²) in [6.07, 6.45) is 0. The molecule has 0 saturated carbocycles. The Morgan fingerprint density at radius 2 is 1.54 bits per heavy atom. The highest BCUT2D eigenvalue weighted by Gasteiger charge is 1.96. The molecule has 1 aromatic rings. The quantitative estimate of drug-likeness (QED) is 0.708. The summed E-state index contributed by atoms with van der Waals surface area (Å²) >= 11 is 0. The molecule has 0 heterocycles. The van der Waals surface area contributed by atoms with Crippen LogP contribution in [0.1, 0.15) is 24.2 Å². The molecule has 3 heteroatoms. The molecule has 0 fully saturated rings.